The third-order valence-corrected chi connectivity index (χ3v) is 6.48. The fraction of sp³-hybridized carbons (Fsp3) is 0.652. The van der Waals surface area contributed by atoms with Crippen LogP contribution in [0.2, 0.25) is 0 Å². The summed E-state index contributed by atoms with van der Waals surface area (Å²) in [6, 6.07) is 4.72. The van der Waals surface area contributed by atoms with Gasteiger partial charge in [0, 0.05) is 51.6 Å². The molecule has 3 aliphatic rings. The number of hydrogen-bond acceptors (Lipinski definition) is 6. The first-order chi connectivity index (χ1) is 15.0. The molecular formula is C23H33ClFN3O4. The Balaban J connectivity index is 0.00000289. The van der Waals surface area contributed by atoms with E-state index in [0.29, 0.717) is 52.0 Å². The number of likely N-dealkylation sites (tertiary alicyclic amines) is 1. The average Bonchev–Trinajstić information content (AvgIpc) is 3.26. The number of aliphatic hydroxyl groups is 1. The predicted molar refractivity (Wildman–Crippen MR) is 122 cm³/mol. The Morgan fingerprint density at radius 2 is 1.66 bits per heavy atom. The fourth-order valence-corrected chi connectivity index (χ4v) is 4.76. The van der Waals surface area contributed by atoms with E-state index in [9.17, 15) is 19.1 Å². The van der Waals surface area contributed by atoms with E-state index in [2.05, 4.69) is 9.80 Å². The molecule has 0 aromatic heterocycles. The van der Waals surface area contributed by atoms with Crippen molar-refractivity contribution in [3.05, 3.63) is 24.0 Å². The normalized spacial score (nSPS) is 21.6. The van der Waals surface area contributed by atoms with E-state index in [1.54, 1.807) is 12.1 Å². The van der Waals surface area contributed by atoms with Gasteiger partial charge in [-0.3, -0.25) is 19.4 Å². The number of carbonyl (C=O) groups excluding carboxylic acids is 2. The molecule has 1 aromatic rings. The third-order valence-electron chi connectivity index (χ3n) is 6.48. The van der Waals surface area contributed by atoms with Crippen LogP contribution < -0.4 is 9.64 Å². The lowest BCUT2D eigenvalue weighted by Crippen LogP contribution is -2.51. The number of hydrogen-bond donors (Lipinski definition) is 1. The lowest BCUT2D eigenvalue weighted by molar-refractivity contribution is -0.149. The van der Waals surface area contributed by atoms with E-state index in [-0.39, 0.29) is 42.7 Å². The maximum Gasteiger partial charge on any atom is 0.229 e. The molecular weight excluding hydrogens is 437 g/mol. The summed E-state index contributed by atoms with van der Waals surface area (Å²) in [5.74, 6) is 0.0772. The second kappa shape index (κ2) is 11.3. The molecule has 1 N–H and O–H groups in total. The molecule has 3 fully saturated rings. The summed E-state index contributed by atoms with van der Waals surface area (Å²) in [4.78, 5) is 29.3. The van der Waals surface area contributed by atoms with Gasteiger partial charge in [0.2, 0.25) is 11.8 Å². The number of ether oxygens (including phenoxy) is 1. The van der Waals surface area contributed by atoms with Gasteiger partial charge in [-0.25, -0.2) is 4.39 Å². The van der Waals surface area contributed by atoms with Crippen LogP contribution in [0, 0.1) is 5.82 Å². The highest BCUT2D eigenvalue weighted by Gasteiger charge is 2.29. The Morgan fingerprint density at radius 1 is 1.00 bits per heavy atom. The summed E-state index contributed by atoms with van der Waals surface area (Å²) in [7, 11) is 0. The Labute approximate surface area is 194 Å². The largest absolute Gasteiger partial charge is 0.488 e. The minimum Gasteiger partial charge on any atom is -0.488 e. The number of β-amino-alcohol motifs (C(OH)–C–C–N with tert-alkyl or cyclic N) is 1. The highest BCUT2D eigenvalue weighted by molar-refractivity contribution is 5.97. The van der Waals surface area contributed by atoms with Gasteiger partial charge in [-0.2, -0.15) is 0 Å². The number of aliphatic hydroxyl groups excluding tert-OH is 1. The summed E-state index contributed by atoms with van der Waals surface area (Å²) in [6.07, 6.45) is 5.22. The number of piperidine rings is 1. The van der Waals surface area contributed by atoms with E-state index >= 15 is 0 Å². The van der Waals surface area contributed by atoms with E-state index in [1.165, 1.54) is 23.8 Å². The average molecular weight is 470 g/mol. The Morgan fingerprint density at radius 3 is 2.31 bits per heavy atom. The van der Waals surface area contributed by atoms with Crippen molar-refractivity contribution in [1.29, 1.82) is 0 Å². The number of benzene rings is 1. The molecule has 2 aliphatic heterocycles. The van der Waals surface area contributed by atoms with Gasteiger partial charge in [0.15, 0.2) is 0 Å². The van der Waals surface area contributed by atoms with Crippen molar-refractivity contribution in [3.63, 3.8) is 0 Å². The topological polar surface area (TPSA) is 73.3 Å². The molecule has 178 valence electrons. The number of rotatable bonds is 7. The standard InChI is InChI=1S/C23H32FN3O4.ClH/c24-17-8-9-21(31-19-4-1-2-5-19)20(14-17)26-12-10-25(11-13-26)15-18(28)16-27-22(29)6-3-7-23(27)30;/h8-9,14,18-19,28H,1-7,10-13,15-16H2;1H. The Kier molecular flexibility index (Phi) is 8.73. The van der Waals surface area contributed by atoms with Gasteiger partial charge in [0.05, 0.1) is 24.4 Å². The zero-order valence-corrected chi connectivity index (χ0v) is 19.2. The predicted octanol–water partition coefficient (Wildman–Crippen LogP) is 2.59. The molecule has 0 radical (unpaired) electrons. The zero-order valence-electron chi connectivity index (χ0n) is 18.4. The van der Waals surface area contributed by atoms with Gasteiger partial charge in [-0.05, 0) is 44.2 Å². The van der Waals surface area contributed by atoms with Gasteiger partial charge in [-0.15, -0.1) is 12.4 Å². The molecule has 1 aromatic carbocycles. The van der Waals surface area contributed by atoms with Crippen molar-refractivity contribution in [3.8, 4) is 5.75 Å². The molecule has 2 saturated heterocycles. The first-order valence-corrected chi connectivity index (χ1v) is 11.4. The number of nitrogens with zero attached hydrogens (tertiary/aromatic N) is 3. The monoisotopic (exact) mass is 469 g/mol. The van der Waals surface area contributed by atoms with Crippen molar-refractivity contribution >= 4 is 29.9 Å². The zero-order chi connectivity index (χ0) is 21.8. The van der Waals surface area contributed by atoms with Crippen LogP contribution in [0.4, 0.5) is 10.1 Å². The number of imide groups is 1. The maximum absolute atomic E-state index is 14.0. The molecule has 4 rings (SSSR count). The number of carbonyl (C=O) groups is 2. The Bertz CT molecular complexity index is 781. The smallest absolute Gasteiger partial charge is 0.229 e. The van der Waals surface area contributed by atoms with Crippen LogP contribution in [0.1, 0.15) is 44.9 Å². The molecule has 32 heavy (non-hydrogen) atoms. The highest BCUT2D eigenvalue weighted by atomic mass is 35.5. The minimum absolute atomic E-state index is 0. The van der Waals surface area contributed by atoms with Crippen molar-refractivity contribution in [1.82, 2.24) is 9.80 Å². The number of anilines is 1. The molecule has 1 atom stereocenters. The van der Waals surface area contributed by atoms with Gasteiger partial charge in [0.25, 0.3) is 0 Å². The van der Waals surface area contributed by atoms with Crippen molar-refractivity contribution in [2.24, 2.45) is 0 Å². The second-order valence-electron chi connectivity index (χ2n) is 8.83. The van der Waals surface area contributed by atoms with Crippen molar-refractivity contribution < 1.29 is 23.8 Å². The first kappa shape index (κ1) is 24.7. The summed E-state index contributed by atoms with van der Waals surface area (Å²) in [6.45, 7) is 3.26. The third kappa shape index (κ3) is 6.11. The van der Waals surface area contributed by atoms with E-state index in [4.69, 9.17) is 4.74 Å². The molecule has 7 nitrogen and oxygen atoms in total. The molecule has 0 bridgehead atoms. The van der Waals surface area contributed by atoms with Gasteiger partial charge in [-0.1, -0.05) is 0 Å². The summed E-state index contributed by atoms with van der Waals surface area (Å²) < 4.78 is 20.1. The van der Waals surface area contributed by atoms with E-state index < -0.39 is 6.10 Å². The van der Waals surface area contributed by atoms with Gasteiger partial charge >= 0.3 is 0 Å². The highest BCUT2D eigenvalue weighted by Crippen LogP contribution is 2.33. The number of amides is 2. The molecule has 1 aliphatic carbocycles. The van der Waals surface area contributed by atoms with Crippen LogP contribution in [0.3, 0.4) is 0 Å². The molecule has 1 saturated carbocycles. The fourth-order valence-electron chi connectivity index (χ4n) is 4.76. The molecule has 2 heterocycles. The molecule has 2 amide bonds. The summed E-state index contributed by atoms with van der Waals surface area (Å²) in [5, 5.41) is 10.4. The van der Waals surface area contributed by atoms with Crippen LogP contribution in [-0.2, 0) is 9.59 Å². The number of piperazine rings is 1. The summed E-state index contributed by atoms with van der Waals surface area (Å²) >= 11 is 0. The van der Waals surface area contributed by atoms with Gasteiger partial charge < -0.3 is 14.7 Å². The second-order valence-corrected chi connectivity index (χ2v) is 8.83. The van der Waals surface area contributed by atoms with E-state index in [0.717, 1.165) is 24.3 Å². The Hall–Kier alpha value is -1.90. The van der Waals surface area contributed by atoms with Crippen LogP contribution in [0.15, 0.2) is 18.2 Å². The number of halogens is 2. The lowest BCUT2D eigenvalue weighted by Gasteiger charge is -2.38. The van der Waals surface area contributed by atoms with Crippen molar-refractivity contribution in [2.75, 3.05) is 44.2 Å². The van der Waals surface area contributed by atoms with Crippen LogP contribution in [-0.4, -0.2) is 78.2 Å². The van der Waals surface area contributed by atoms with Crippen LogP contribution >= 0.6 is 12.4 Å². The van der Waals surface area contributed by atoms with Crippen LogP contribution in [0.25, 0.3) is 0 Å². The van der Waals surface area contributed by atoms with Crippen molar-refractivity contribution in [2.45, 2.75) is 57.2 Å². The summed E-state index contributed by atoms with van der Waals surface area (Å²) in [5.41, 5.74) is 0.789. The SMILES string of the molecule is Cl.O=C1CCCC(=O)N1CC(O)CN1CCN(c2cc(F)ccc2OC2CCCC2)CC1. The minimum atomic E-state index is -0.770. The first-order valence-electron chi connectivity index (χ1n) is 11.4. The maximum atomic E-state index is 14.0. The molecule has 1 unspecified atom stereocenters. The van der Waals surface area contributed by atoms with Gasteiger partial charge in [0.1, 0.15) is 11.6 Å². The lowest BCUT2D eigenvalue weighted by atomic mass is 10.1. The van der Waals surface area contributed by atoms with Crippen LogP contribution in [0.5, 0.6) is 5.75 Å². The van der Waals surface area contributed by atoms with E-state index in [1.807, 2.05) is 0 Å². The quantitative estimate of drug-likeness (QED) is 0.619. The molecule has 0 spiro atoms. The molecule has 9 heteroatoms.